The van der Waals surface area contributed by atoms with Crippen LogP contribution in [0, 0.1) is 13.8 Å². The summed E-state index contributed by atoms with van der Waals surface area (Å²) in [6.45, 7) is 7.75. The first kappa shape index (κ1) is 18.5. The molecule has 0 saturated carbocycles. The van der Waals surface area contributed by atoms with Crippen LogP contribution in [0.4, 0.5) is 11.4 Å². The van der Waals surface area contributed by atoms with Gasteiger partial charge in [0.25, 0.3) is 10.0 Å². The van der Waals surface area contributed by atoms with Crippen LogP contribution in [-0.2, 0) is 21.2 Å². The van der Waals surface area contributed by atoms with E-state index in [1.807, 2.05) is 39.8 Å². The van der Waals surface area contributed by atoms with Gasteiger partial charge in [-0.05, 0) is 74.2 Å². The minimum Gasteiger partial charge on any atom is -0.309 e. The van der Waals surface area contributed by atoms with E-state index in [9.17, 15) is 13.2 Å². The smallest absolute Gasteiger partial charge is 0.261 e. The lowest BCUT2D eigenvalue weighted by Gasteiger charge is -2.22. The average Bonchev–Trinajstić information content (AvgIpc) is 2.92. The van der Waals surface area contributed by atoms with Crippen molar-refractivity contribution in [2.45, 2.75) is 51.5 Å². The van der Waals surface area contributed by atoms with E-state index in [2.05, 4.69) is 4.72 Å². The number of carbonyl (C=O) groups is 1. The molecule has 1 atom stereocenters. The molecule has 1 aliphatic heterocycles. The molecule has 0 bridgehead atoms. The van der Waals surface area contributed by atoms with Crippen molar-refractivity contribution in [2.24, 2.45) is 0 Å². The van der Waals surface area contributed by atoms with Crippen molar-refractivity contribution in [3.8, 4) is 0 Å². The lowest BCUT2D eigenvalue weighted by Crippen LogP contribution is -2.35. The van der Waals surface area contributed by atoms with Crippen molar-refractivity contribution in [1.29, 1.82) is 0 Å². The summed E-state index contributed by atoms with van der Waals surface area (Å²) in [5, 5.41) is 0. The Labute approximate surface area is 155 Å². The number of sulfonamides is 1. The molecule has 5 nitrogen and oxygen atoms in total. The molecule has 1 heterocycles. The summed E-state index contributed by atoms with van der Waals surface area (Å²) in [5.41, 5.74) is 4.39. The maximum Gasteiger partial charge on any atom is 0.261 e. The van der Waals surface area contributed by atoms with Crippen LogP contribution in [-0.4, -0.2) is 20.4 Å². The molecule has 1 aliphatic rings. The predicted molar refractivity (Wildman–Crippen MR) is 104 cm³/mol. The molecule has 3 rings (SSSR count). The lowest BCUT2D eigenvalue weighted by atomic mass is 10.1. The molecular formula is C20H24N2O3S. The number of rotatable bonds is 4. The lowest BCUT2D eigenvalue weighted by molar-refractivity contribution is -0.118. The number of carbonyl (C=O) groups excluding carboxylic acids is 1. The number of hydrogen-bond acceptors (Lipinski definition) is 3. The Balaban J connectivity index is 1.91. The zero-order chi connectivity index (χ0) is 19.1. The predicted octanol–water partition coefficient (Wildman–Crippen LogP) is 3.79. The van der Waals surface area contributed by atoms with Crippen LogP contribution in [0.25, 0.3) is 0 Å². The van der Waals surface area contributed by atoms with Crippen molar-refractivity contribution in [3.05, 3.63) is 53.1 Å². The van der Waals surface area contributed by atoms with E-state index >= 15 is 0 Å². The molecule has 2 aromatic carbocycles. The molecule has 6 heteroatoms. The van der Waals surface area contributed by atoms with E-state index in [4.69, 9.17) is 0 Å². The fraction of sp³-hybridized carbons (Fsp3) is 0.350. The van der Waals surface area contributed by atoms with Gasteiger partial charge in [0.05, 0.1) is 4.90 Å². The van der Waals surface area contributed by atoms with Crippen molar-refractivity contribution in [2.75, 3.05) is 9.62 Å². The number of aryl methyl sites for hydroxylation is 2. The molecule has 0 radical (unpaired) electrons. The summed E-state index contributed by atoms with van der Waals surface area (Å²) in [6, 6.07) is 10.5. The molecule has 2 aromatic rings. The molecule has 1 N–H and O–H groups in total. The minimum absolute atomic E-state index is 0.0445. The van der Waals surface area contributed by atoms with E-state index in [1.165, 1.54) is 0 Å². The van der Waals surface area contributed by atoms with E-state index in [0.717, 1.165) is 22.4 Å². The Kier molecular flexibility index (Phi) is 4.80. The van der Waals surface area contributed by atoms with E-state index in [1.54, 1.807) is 29.2 Å². The first-order valence-electron chi connectivity index (χ1n) is 8.78. The van der Waals surface area contributed by atoms with Gasteiger partial charge in [-0.2, -0.15) is 0 Å². The molecule has 0 spiro atoms. The molecule has 1 unspecified atom stereocenters. The minimum atomic E-state index is -3.68. The second-order valence-corrected chi connectivity index (χ2v) is 8.55. The van der Waals surface area contributed by atoms with Crippen LogP contribution in [0.5, 0.6) is 0 Å². The molecule has 0 fully saturated rings. The molecule has 1 amide bonds. The van der Waals surface area contributed by atoms with Gasteiger partial charge < -0.3 is 4.90 Å². The van der Waals surface area contributed by atoms with Crippen LogP contribution < -0.4 is 9.62 Å². The maximum absolute atomic E-state index is 12.8. The molecule has 26 heavy (non-hydrogen) atoms. The van der Waals surface area contributed by atoms with Gasteiger partial charge in [0.15, 0.2) is 0 Å². The van der Waals surface area contributed by atoms with Gasteiger partial charge in [0, 0.05) is 23.8 Å². The Morgan fingerprint density at radius 1 is 1.15 bits per heavy atom. The molecule has 0 aliphatic carbocycles. The summed E-state index contributed by atoms with van der Waals surface area (Å²) in [4.78, 5) is 14.1. The second kappa shape index (κ2) is 6.76. The third-order valence-electron chi connectivity index (χ3n) is 4.91. The van der Waals surface area contributed by atoms with Gasteiger partial charge in [-0.1, -0.05) is 13.0 Å². The topological polar surface area (TPSA) is 66.5 Å². The van der Waals surface area contributed by atoms with Crippen LogP contribution in [0.3, 0.4) is 0 Å². The number of amides is 1. The first-order chi connectivity index (χ1) is 12.2. The van der Waals surface area contributed by atoms with E-state index in [-0.39, 0.29) is 16.8 Å². The van der Waals surface area contributed by atoms with Gasteiger partial charge in [-0.15, -0.1) is 0 Å². The maximum atomic E-state index is 12.8. The standard InChI is InChI=1S/C20H24N2O3S/c1-5-20(23)22-15(4)11-16-12-18(8-9-19(16)22)26(24,25)21-17-7-6-13(2)14(3)10-17/h6-10,12,15,21H,5,11H2,1-4H3. The highest BCUT2D eigenvalue weighted by Crippen LogP contribution is 2.34. The fourth-order valence-electron chi connectivity index (χ4n) is 3.34. The van der Waals surface area contributed by atoms with Crippen molar-refractivity contribution in [1.82, 2.24) is 0 Å². The summed E-state index contributed by atoms with van der Waals surface area (Å²) in [7, 11) is -3.68. The van der Waals surface area contributed by atoms with Crippen LogP contribution in [0.15, 0.2) is 41.3 Å². The monoisotopic (exact) mass is 372 g/mol. The molecule has 0 aromatic heterocycles. The summed E-state index contributed by atoms with van der Waals surface area (Å²) in [5.74, 6) is 0.0557. The SMILES string of the molecule is CCC(=O)N1c2ccc(S(=O)(=O)Nc3ccc(C)c(C)c3)cc2CC1C. The van der Waals surface area contributed by atoms with Crippen molar-refractivity contribution >= 4 is 27.3 Å². The van der Waals surface area contributed by atoms with Crippen molar-refractivity contribution < 1.29 is 13.2 Å². The van der Waals surface area contributed by atoms with Gasteiger partial charge >= 0.3 is 0 Å². The number of nitrogens with one attached hydrogen (secondary N) is 1. The van der Waals surface area contributed by atoms with Gasteiger partial charge in [0.1, 0.15) is 0 Å². The summed E-state index contributed by atoms with van der Waals surface area (Å²) in [6.07, 6.45) is 1.09. The molecule has 0 saturated heterocycles. The highest BCUT2D eigenvalue weighted by molar-refractivity contribution is 7.92. The highest BCUT2D eigenvalue weighted by atomic mass is 32.2. The Hall–Kier alpha value is -2.34. The number of nitrogens with zero attached hydrogens (tertiary/aromatic N) is 1. The number of hydrogen-bond donors (Lipinski definition) is 1. The Bertz CT molecular complexity index is 967. The van der Waals surface area contributed by atoms with Gasteiger partial charge in [-0.3, -0.25) is 9.52 Å². The third-order valence-corrected chi connectivity index (χ3v) is 6.29. The highest BCUT2D eigenvalue weighted by Gasteiger charge is 2.31. The normalized spacial score (nSPS) is 16.5. The van der Waals surface area contributed by atoms with Crippen molar-refractivity contribution in [3.63, 3.8) is 0 Å². The fourth-order valence-corrected chi connectivity index (χ4v) is 4.44. The number of anilines is 2. The van der Waals surface area contributed by atoms with Crippen LogP contribution >= 0.6 is 0 Å². The Morgan fingerprint density at radius 3 is 2.54 bits per heavy atom. The van der Waals surface area contributed by atoms with Crippen LogP contribution in [0.1, 0.15) is 37.0 Å². The third kappa shape index (κ3) is 3.33. The molecular weight excluding hydrogens is 348 g/mol. The zero-order valence-corrected chi connectivity index (χ0v) is 16.4. The Morgan fingerprint density at radius 2 is 1.88 bits per heavy atom. The average molecular weight is 372 g/mol. The summed E-state index contributed by atoms with van der Waals surface area (Å²) < 4.78 is 28.2. The van der Waals surface area contributed by atoms with Gasteiger partial charge in [-0.25, -0.2) is 8.42 Å². The second-order valence-electron chi connectivity index (χ2n) is 6.87. The quantitative estimate of drug-likeness (QED) is 0.888. The van der Waals surface area contributed by atoms with Crippen LogP contribution in [0.2, 0.25) is 0 Å². The first-order valence-corrected chi connectivity index (χ1v) is 10.3. The van der Waals surface area contributed by atoms with Gasteiger partial charge in [0.2, 0.25) is 5.91 Å². The number of benzene rings is 2. The van der Waals surface area contributed by atoms with E-state index < -0.39 is 10.0 Å². The van der Waals surface area contributed by atoms with E-state index in [0.29, 0.717) is 18.5 Å². The summed E-state index contributed by atoms with van der Waals surface area (Å²) >= 11 is 0. The number of fused-ring (bicyclic) bond motifs is 1. The zero-order valence-electron chi connectivity index (χ0n) is 15.5. The largest absolute Gasteiger partial charge is 0.309 e. The molecule has 138 valence electrons.